The minimum atomic E-state index is 0.156. The van der Waals surface area contributed by atoms with Gasteiger partial charge in [-0.05, 0) is 31.2 Å². The fourth-order valence-electron chi connectivity index (χ4n) is 2.98. The van der Waals surface area contributed by atoms with Gasteiger partial charge in [0.05, 0.1) is 0 Å². The molecular weight excluding hydrogens is 220 g/mol. The lowest BCUT2D eigenvalue weighted by atomic mass is 9.85. The zero-order valence-electron chi connectivity index (χ0n) is 11.5. The molecule has 0 N–H and O–H groups in total. The first-order chi connectivity index (χ1) is 8.75. The van der Waals surface area contributed by atoms with E-state index in [-0.39, 0.29) is 5.78 Å². The molecule has 2 rings (SSSR count). The number of aryl methyl sites for hydroxylation is 1. The third kappa shape index (κ3) is 3.97. The molecule has 0 unspecified atom stereocenters. The van der Waals surface area contributed by atoms with E-state index in [0.29, 0.717) is 0 Å². The highest BCUT2D eigenvalue weighted by molar-refractivity contribution is 5.93. The Morgan fingerprint density at radius 3 is 2.39 bits per heavy atom. The highest BCUT2D eigenvalue weighted by atomic mass is 16.1. The van der Waals surface area contributed by atoms with E-state index in [1.54, 1.807) is 6.92 Å². The smallest absolute Gasteiger partial charge is 0.159 e. The highest BCUT2D eigenvalue weighted by Gasteiger charge is 2.12. The largest absolute Gasteiger partial charge is 0.295 e. The Hall–Kier alpha value is -1.11. The second-order valence-electron chi connectivity index (χ2n) is 5.65. The molecule has 0 aliphatic heterocycles. The van der Waals surface area contributed by atoms with Crippen molar-refractivity contribution < 1.29 is 4.79 Å². The van der Waals surface area contributed by atoms with Crippen LogP contribution in [0.3, 0.4) is 0 Å². The summed E-state index contributed by atoms with van der Waals surface area (Å²) in [6, 6.07) is 8.13. The molecule has 1 aliphatic carbocycles. The van der Waals surface area contributed by atoms with Gasteiger partial charge in [0.1, 0.15) is 0 Å². The van der Waals surface area contributed by atoms with E-state index < -0.39 is 0 Å². The van der Waals surface area contributed by atoms with Crippen molar-refractivity contribution in [1.29, 1.82) is 0 Å². The Balaban J connectivity index is 1.74. The van der Waals surface area contributed by atoms with Crippen LogP contribution in [0, 0.1) is 5.92 Å². The standard InChI is InChI=1S/C17H24O/c1-14(18)17-12-10-16(11-13-17)9-5-8-15-6-3-2-4-7-15/h10-13,15H,2-9H2,1H3. The van der Waals surface area contributed by atoms with Crippen molar-refractivity contribution >= 4 is 5.78 Å². The summed E-state index contributed by atoms with van der Waals surface area (Å²) in [4.78, 5) is 11.2. The van der Waals surface area contributed by atoms with Crippen molar-refractivity contribution in [3.63, 3.8) is 0 Å². The molecule has 1 nitrogen and oxygen atoms in total. The predicted octanol–water partition coefficient (Wildman–Crippen LogP) is 4.79. The van der Waals surface area contributed by atoms with Crippen LogP contribution in [0.5, 0.6) is 0 Å². The van der Waals surface area contributed by atoms with E-state index in [9.17, 15) is 4.79 Å². The molecule has 0 bridgehead atoms. The average molecular weight is 244 g/mol. The van der Waals surface area contributed by atoms with Gasteiger partial charge >= 0.3 is 0 Å². The lowest BCUT2D eigenvalue weighted by Crippen LogP contribution is -2.06. The Morgan fingerprint density at radius 2 is 1.78 bits per heavy atom. The summed E-state index contributed by atoms with van der Waals surface area (Å²) in [5.74, 6) is 1.14. The Bertz CT molecular complexity index is 371. The van der Waals surface area contributed by atoms with Crippen LogP contribution in [0.1, 0.15) is 67.8 Å². The third-order valence-corrected chi connectivity index (χ3v) is 4.16. The lowest BCUT2D eigenvalue weighted by molar-refractivity contribution is 0.101. The minimum Gasteiger partial charge on any atom is -0.295 e. The van der Waals surface area contributed by atoms with Crippen molar-refractivity contribution in [3.05, 3.63) is 35.4 Å². The van der Waals surface area contributed by atoms with Crippen molar-refractivity contribution in [3.8, 4) is 0 Å². The van der Waals surface area contributed by atoms with Crippen LogP contribution in [-0.2, 0) is 6.42 Å². The Labute approximate surface area is 111 Å². The number of hydrogen-bond acceptors (Lipinski definition) is 1. The maximum absolute atomic E-state index is 11.2. The van der Waals surface area contributed by atoms with E-state index in [4.69, 9.17) is 0 Å². The van der Waals surface area contributed by atoms with Crippen molar-refractivity contribution in [2.45, 2.75) is 58.3 Å². The molecular formula is C17H24O. The number of Topliss-reactive ketones (excluding diaryl/α,β-unsaturated/α-hetero) is 1. The van der Waals surface area contributed by atoms with Gasteiger partial charge in [-0.3, -0.25) is 4.79 Å². The van der Waals surface area contributed by atoms with Gasteiger partial charge in [-0.2, -0.15) is 0 Å². The zero-order chi connectivity index (χ0) is 12.8. The van der Waals surface area contributed by atoms with E-state index in [0.717, 1.165) is 17.9 Å². The molecule has 1 fully saturated rings. The fourth-order valence-corrected chi connectivity index (χ4v) is 2.98. The number of carbonyl (C=O) groups is 1. The topological polar surface area (TPSA) is 17.1 Å². The van der Waals surface area contributed by atoms with E-state index in [1.807, 2.05) is 12.1 Å². The molecule has 0 aromatic heterocycles. The van der Waals surface area contributed by atoms with E-state index >= 15 is 0 Å². The molecule has 1 heteroatoms. The SMILES string of the molecule is CC(=O)c1ccc(CCCC2CCCCC2)cc1. The summed E-state index contributed by atoms with van der Waals surface area (Å²) in [6.07, 6.45) is 11.1. The highest BCUT2D eigenvalue weighted by Crippen LogP contribution is 2.27. The molecule has 1 aliphatic rings. The van der Waals surface area contributed by atoms with Gasteiger partial charge < -0.3 is 0 Å². The monoisotopic (exact) mass is 244 g/mol. The lowest BCUT2D eigenvalue weighted by Gasteiger charge is -2.21. The fraction of sp³-hybridized carbons (Fsp3) is 0.588. The number of ketones is 1. The summed E-state index contributed by atoms with van der Waals surface area (Å²) in [6.45, 7) is 1.62. The van der Waals surface area contributed by atoms with Gasteiger partial charge in [0.15, 0.2) is 5.78 Å². The first-order valence-electron chi connectivity index (χ1n) is 7.35. The predicted molar refractivity (Wildman–Crippen MR) is 76.0 cm³/mol. The molecule has 0 radical (unpaired) electrons. The van der Waals surface area contributed by atoms with Crippen molar-refractivity contribution in [2.75, 3.05) is 0 Å². The maximum atomic E-state index is 11.2. The van der Waals surface area contributed by atoms with Crippen LogP contribution in [0.15, 0.2) is 24.3 Å². The molecule has 1 aromatic carbocycles. The molecule has 98 valence electrons. The normalized spacial score (nSPS) is 16.7. The summed E-state index contributed by atoms with van der Waals surface area (Å²) >= 11 is 0. The maximum Gasteiger partial charge on any atom is 0.159 e. The quantitative estimate of drug-likeness (QED) is 0.680. The molecule has 0 spiro atoms. The summed E-state index contributed by atoms with van der Waals surface area (Å²) in [7, 11) is 0. The molecule has 0 heterocycles. The van der Waals surface area contributed by atoms with Crippen LogP contribution in [0.2, 0.25) is 0 Å². The van der Waals surface area contributed by atoms with Crippen LogP contribution < -0.4 is 0 Å². The van der Waals surface area contributed by atoms with Crippen LogP contribution >= 0.6 is 0 Å². The second-order valence-corrected chi connectivity index (χ2v) is 5.65. The third-order valence-electron chi connectivity index (χ3n) is 4.16. The van der Waals surface area contributed by atoms with Crippen LogP contribution in [-0.4, -0.2) is 5.78 Å². The van der Waals surface area contributed by atoms with Gasteiger partial charge in [0.2, 0.25) is 0 Å². The van der Waals surface area contributed by atoms with Crippen molar-refractivity contribution in [1.82, 2.24) is 0 Å². The minimum absolute atomic E-state index is 0.156. The second kappa shape index (κ2) is 6.72. The molecule has 18 heavy (non-hydrogen) atoms. The van der Waals surface area contributed by atoms with Gasteiger partial charge in [-0.25, -0.2) is 0 Å². The van der Waals surface area contributed by atoms with Gasteiger partial charge in [0.25, 0.3) is 0 Å². The number of carbonyl (C=O) groups excluding carboxylic acids is 1. The summed E-state index contributed by atoms with van der Waals surface area (Å²) in [5, 5.41) is 0. The van der Waals surface area contributed by atoms with Crippen LogP contribution in [0.25, 0.3) is 0 Å². The zero-order valence-corrected chi connectivity index (χ0v) is 11.5. The van der Waals surface area contributed by atoms with Gasteiger partial charge in [0, 0.05) is 5.56 Å². The number of rotatable bonds is 5. The summed E-state index contributed by atoms with van der Waals surface area (Å²) < 4.78 is 0. The number of hydrogen-bond donors (Lipinski definition) is 0. The van der Waals surface area contributed by atoms with Gasteiger partial charge in [-0.1, -0.05) is 62.8 Å². The van der Waals surface area contributed by atoms with Crippen LogP contribution in [0.4, 0.5) is 0 Å². The molecule has 1 aromatic rings. The Morgan fingerprint density at radius 1 is 1.11 bits per heavy atom. The molecule has 0 saturated heterocycles. The Kier molecular flexibility index (Phi) is 4.98. The van der Waals surface area contributed by atoms with E-state index in [1.165, 1.54) is 50.5 Å². The van der Waals surface area contributed by atoms with E-state index in [2.05, 4.69) is 12.1 Å². The van der Waals surface area contributed by atoms with Crippen molar-refractivity contribution in [2.24, 2.45) is 5.92 Å². The molecule has 0 atom stereocenters. The molecule has 1 saturated carbocycles. The number of benzene rings is 1. The average Bonchev–Trinajstić information content (AvgIpc) is 2.40. The summed E-state index contributed by atoms with van der Waals surface area (Å²) in [5.41, 5.74) is 2.20. The first kappa shape index (κ1) is 13.3. The molecule has 0 amide bonds. The van der Waals surface area contributed by atoms with Gasteiger partial charge in [-0.15, -0.1) is 0 Å². The first-order valence-corrected chi connectivity index (χ1v) is 7.35.